The van der Waals surface area contributed by atoms with Crippen LogP contribution in [0.4, 0.5) is 5.69 Å². The van der Waals surface area contributed by atoms with E-state index in [0.29, 0.717) is 0 Å². The Labute approximate surface area is 110 Å². The van der Waals surface area contributed by atoms with Gasteiger partial charge in [0.1, 0.15) is 0 Å². The van der Waals surface area contributed by atoms with E-state index in [9.17, 15) is 0 Å². The second-order valence-corrected chi connectivity index (χ2v) is 4.51. The van der Waals surface area contributed by atoms with E-state index in [-0.39, 0.29) is 0 Å². The number of rotatable bonds is 3. The van der Waals surface area contributed by atoms with Crippen LogP contribution in [0.2, 0.25) is 0 Å². The van der Waals surface area contributed by atoms with Crippen LogP contribution in [-0.2, 0) is 0 Å². The highest BCUT2D eigenvalue weighted by Gasteiger charge is 2.01. The maximum atomic E-state index is 4.36. The quantitative estimate of drug-likeness (QED) is 0.661. The highest BCUT2D eigenvalue weighted by molar-refractivity contribution is 9.10. The molecule has 0 spiro atoms. The van der Waals surface area contributed by atoms with Crippen LogP contribution in [0, 0.1) is 0 Å². The zero-order valence-corrected chi connectivity index (χ0v) is 11.1. The van der Waals surface area contributed by atoms with Crippen molar-refractivity contribution < 1.29 is 0 Å². The summed E-state index contributed by atoms with van der Waals surface area (Å²) >= 11 is 3.51. The van der Waals surface area contributed by atoms with E-state index in [1.807, 2.05) is 61.5 Å². The van der Waals surface area contributed by atoms with Crippen LogP contribution in [0.25, 0.3) is 0 Å². The Morgan fingerprint density at radius 2 is 1.65 bits per heavy atom. The molecule has 0 aromatic heterocycles. The topological polar surface area (TPSA) is 24.4 Å². The summed E-state index contributed by atoms with van der Waals surface area (Å²) in [5, 5.41) is 4.36. The minimum absolute atomic E-state index is 0.946. The normalized spacial score (nSPS) is 11.3. The summed E-state index contributed by atoms with van der Waals surface area (Å²) in [5.41, 5.74) is 6.06. The Balaban J connectivity index is 2.16. The van der Waals surface area contributed by atoms with E-state index < -0.39 is 0 Å². The van der Waals surface area contributed by atoms with Gasteiger partial charge in [0.2, 0.25) is 0 Å². The second kappa shape index (κ2) is 5.64. The molecule has 2 nitrogen and oxygen atoms in total. The minimum atomic E-state index is 0.946. The highest BCUT2D eigenvalue weighted by Crippen LogP contribution is 2.17. The van der Waals surface area contributed by atoms with Crippen LogP contribution in [0.5, 0.6) is 0 Å². The fourth-order valence-corrected chi connectivity index (χ4v) is 2.05. The van der Waals surface area contributed by atoms with Crippen LogP contribution in [0.15, 0.2) is 64.2 Å². The molecule has 0 aliphatic heterocycles. The van der Waals surface area contributed by atoms with E-state index in [0.717, 1.165) is 21.4 Å². The summed E-state index contributed by atoms with van der Waals surface area (Å²) < 4.78 is 1.05. The van der Waals surface area contributed by atoms with Gasteiger partial charge in [-0.2, -0.15) is 5.10 Å². The average molecular weight is 289 g/mol. The van der Waals surface area contributed by atoms with Gasteiger partial charge in [-0.25, -0.2) is 0 Å². The fourth-order valence-electron chi connectivity index (χ4n) is 1.48. The van der Waals surface area contributed by atoms with Gasteiger partial charge >= 0.3 is 0 Å². The van der Waals surface area contributed by atoms with Crippen LogP contribution < -0.4 is 5.43 Å². The molecule has 2 aromatic carbocycles. The molecular weight excluding hydrogens is 276 g/mol. The predicted molar refractivity (Wildman–Crippen MR) is 76.4 cm³/mol. The van der Waals surface area contributed by atoms with E-state index in [1.54, 1.807) is 0 Å². The molecule has 0 heterocycles. The van der Waals surface area contributed by atoms with Crippen molar-refractivity contribution in [3.05, 3.63) is 64.6 Å². The van der Waals surface area contributed by atoms with E-state index in [1.165, 1.54) is 0 Å². The number of para-hydroxylation sites is 1. The first-order valence-corrected chi connectivity index (χ1v) is 6.17. The van der Waals surface area contributed by atoms with Crippen LogP contribution in [0.1, 0.15) is 12.5 Å². The van der Waals surface area contributed by atoms with E-state index in [4.69, 9.17) is 0 Å². The summed E-state index contributed by atoms with van der Waals surface area (Å²) in [7, 11) is 0. The van der Waals surface area contributed by atoms with Crippen molar-refractivity contribution in [1.82, 2.24) is 0 Å². The SMILES string of the molecule is CC(=NNc1ccccc1)c1ccccc1Br. The van der Waals surface area contributed by atoms with Crippen LogP contribution in [-0.4, -0.2) is 5.71 Å². The monoisotopic (exact) mass is 288 g/mol. The van der Waals surface area contributed by atoms with E-state index in [2.05, 4.69) is 26.5 Å². The summed E-state index contributed by atoms with van der Waals surface area (Å²) in [6, 6.07) is 17.9. The molecule has 0 fully saturated rings. The number of nitrogens with one attached hydrogen (secondary N) is 1. The number of nitrogens with zero attached hydrogens (tertiary/aromatic N) is 1. The molecule has 0 aliphatic carbocycles. The smallest absolute Gasteiger partial charge is 0.0659 e. The first-order chi connectivity index (χ1) is 8.27. The lowest BCUT2D eigenvalue weighted by Crippen LogP contribution is -2.00. The number of hydrazone groups is 1. The number of halogens is 1. The first kappa shape index (κ1) is 11.9. The molecule has 2 rings (SSSR count). The van der Waals surface area contributed by atoms with Gasteiger partial charge in [0.15, 0.2) is 0 Å². The molecule has 2 aromatic rings. The zero-order valence-electron chi connectivity index (χ0n) is 9.52. The Bertz CT molecular complexity index is 521. The number of hydrogen-bond donors (Lipinski definition) is 1. The Hall–Kier alpha value is -1.61. The molecule has 0 saturated carbocycles. The maximum Gasteiger partial charge on any atom is 0.0659 e. The third-order valence-corrected chi connectivity index (χ3v) is 3.08. The van der Waals surface area contributed by atoms with Crippen LogP contribution in [0.3, 0.4) is 0 Å². The Morgan fingerprint density at radius 1 is 1.00 bits per heavy atom. The molecule has 86 valence electrons. The number of hydrogen-bond acceptors (Lipinski definition) is 2. The molecule has 0 radical (unpaired) electrons. The third-order valence-electron chi connectivity index (χ3n) is 2.39. The lowest BCUT2D eigenvalue weighted by Gasteiger charge is -2.05. The summed E-state index contributed by atoms with van der Waals surface area (Å²) in [4.78, 5) is 0. The van der Waals surface area contributed by atoms with Crippen molar-refractivity contribution in [3.8, 4) is 0 Å². The molecule has 3 heteroatoms. The second-order valence-electron chi connectivity index (χ2n) is 3.65. The third kappa shape index (κ3) is 3.17. The van der Waals surface area contributed by atoms with E-state index >= 15 is 0 Å². The molecule has 0 saturated heterocycles. The average Bonchev–Trinajstić information content (AvgIpc) is 2.38. The molecule has 0 aliphatic rings. The maximum absolute atomic E-state index is 4.36. The van der Waals surface area contributed by atoms with Crippen molar-refractivity contribution in [2.24, 2.45) is 5.10 Å². The van der Waals surface area contributed by atoms with Crippen molar-refractivity contribution in [3.63, 3.8) is 0 Å². The van der Waals surface area contributed by atoms with Crippen molar-refractivity contribution in [2.75, 3.05) is 5.43 Å². The molecule has 17 heavy (non-hydrogen) atoms. The molecule has 1 N–H and O–H groups in total. The molecule has 0 unspecified atom stereocenters. The van der Waals surface area contributed by atoms with Gasteiger partial charge < -0.3 is 0 Å². The number of anilines is 1. The zero-order chi connectivity index (χ0) is 12.1. The van der Waals surface area contributed by atoms with Gasteiger partial charge in [-0.15, -0.1) is 0 Å². The summed E-state index contributed by atoms with van der Waals surface area (Å²) in [6.07, 6.45) is 0. The Kier molecular flexibility index (Phi) is 3.94. The molecule has 0 atom stereocenters. The minimum Gasteiger partial charge on any atom is -0.278 e. The van der Waals surface area contributed by atoms with Gasteiger partial charge in [0.25, 0.3) is 0 Å². The first-order valence-electron chi connectivity index (χ1n) is 5.37. The van der Waals surface area contributed by atoms with Gasteiger partial charge in [-0.05, 0) is 25.1 Å². The van der Waals surface area contributed by atoms with Crippen molar-refractivity contribution in [1.29, 1.82) is 0 Å². The highest BCUT2D eigenvalue weighted by atomic mass is 79.9. The standard InChI is InChI=1S/C14H13BrN2/c1-11(13-9-5-6-10-14(13)15)16-17-12-7-3-2-4-8-12/h2-10,17H,1H3. The lowest BCUT2D eigenvalue weighted by molar-refractivity contribution is 1.32. The predicted octanol–water partition coefficient (Wildman–Crippen LogP) is 4.29. The molecular formula is C14H13BrN2. The molecule has 0 amide bonds. The van der Waals surface area contributed by atoms with Crippen molar-refractivity contribution in [2.45, 2.75) is 6.92 Å². The molecule has 0 bridgehead atoms. The van der Waals surface area contributed by atoms with Gasteiger partial charge in [0, 0.05) is 10.0 Å². The number of benzene rings is 2. The van der Waals surface area contributed by atoms with Gasteiger partial charge in [0.05, 0.1) is 11.4 Å². The van der Waals surface area contributed by atoms with Gasteiger partial charge in [-0.3, -0.25) is 5.43 Å². The van der Waals surface area contributed by atoms with Gasteiger partial charge in [-0.1, -0.05) is 52.3 Å². The van der Waals surface area contributed by atoms with Crippen molar-refractivity contribution >= 4 is 27.3 Å². The summed E-state index contributed by atoms with van der Waals surface area (Å²) in [5.74, 6) is 0. The van der Waals surface area contributed by atoms with Crippen LogP contribution >= 0.6 is 15.9 Å². The Morgan fingerprint density at radius 3 is 2.35 bits per heavy atom. The summed E-state index contributed by atoms with van der Waals surface area (Å²) in [6.45, 7) is 1.98. The fraction of sp³-hybridized carbons (Fsp3) is 0.0714. The lowest BCUT2D eigenvalue weighted by atomic mass is 10.1. The largest absolute Gasteiger partial charge is 0.278 e.